The molecule has 19 heavy (non-hydrogen) atoms. The minimum absolute atomic E-state index is 0.0618. The highest BCUT2D eigenvalue weighted by molar-refractivity contribution is 5.63. The van der Waals surface area contributed by atoms with Crippen LogP contribution in [0, 0.1) is 5.82 Å². The molecule has 0 aliphatic rings. The number of hydrogen-bond acceptors (Lipinski definition) is 1. The second-order valence-electron chi connectivity index (χ2n) is 4.80. The SMILES string of the molecule is CC(O)(CCF)c1ccc(-c2cccc(F)c2)cc1. The maximum absolute atomic E-state index is 13.1. The Kier molecular flexibility index (Phi) is 3.96. The van der Waals surface area contributed by atoms with Crippen molar-refractivity contribution in [1.29, 1.82) is 0 Å². The number of hydrogen-bond donors (Lipinski definition) is 1. The van der Waals surface area contributed by atoms with Crippen molar-refractivity contribution >= 4 is 0 Å². The lowest BCUT2D eigenvalue weighted by Crippen LogP contribution is -2.21. The number of halogens is 2. The minimum atomic E-state index is -1.17. The van der Waals surface area contributed by atoms with Crippen LogP contribution >= 0.6 is 0 Å². The molecule has 0 saturated heterocycles. The van der Waals surface area contributed by atoms with Crippen LogP contribution < -0.4 is 0 Å². The third-order valence-electron chi connectivity index (χ3n) is 3.25. The summed E-state index contributed by atoms with van der Waals surface area (Å²) in [5.41, 5.74) is 1.12. The molecule has 3 heteroatoms. The zero-order chi connectivity index (χ0) is 13.9. The van der Waals surface area contributed by atoms with Gasteiger partial charge < -0.3 is 5.11 Å². The molecule has 0 aliphatic heterocycles. The first kappa shape index (κ1) is 13.7. The van der Waals surface area contributed by atoms with Crippen LogP contribution in [0.3, 0.4) is 0 Å². The molecule has 0 saturated carbocycles. The van der Waals surface area contributed by atoms with Gasteiger partial charge in [0.15, 0.2) is 0 Å². The fourth-order valence-electron chi connectivity index (χ4n) is 2.02. The minimum Gasteiger partial charge on any atom is -0.385 e. The van der Waals surface area contributed by atoms with E-state index in [0.29, 0.717) is 5.56 Å². The molecule has 1 nitrogen and oxygen atoms in total. The first-order valence-corrected chi connectivity index (χ1v) is 6.18. The largest absolute Gasteiger partial charge is 0.385 e. The average molecular weight is 262 g/mol. The van der Waals surface area contributed by atoms with E-state index in [9.17, 15) is 13.9 Å². The maximum Gasteiger partial charge on any atom is 0.123 e. The quantitative estimate of drug-likeness (QED) is 0.881. The van der Waals surface area contributed by atoms with Crippen LogP contribution in [-0.4, -0.2) is 11.8 Å². The van der Waals surface area contributed by atoms with Gasteiger partial charge in [0.2, 0.25) is 0 Å². The molecule has 0 heterocycles. The third kappa shape index (κ3) is 3.18. The van der Waals surface area contributed by atoms with E-state index >= 15 is 0 Å². The van der Waals surface area contributed by atoms with Gasteiger partial charge in [0.1, 0.15) is 5.82 Å². The molecular weight excluding hydrogens is 246 g/mol. The van der Waals surface area contributed by atoms with Gasteiger partial charge in [-0.1, -0.05) is 36.4 Å². The topological polar surface area (TPSA) is 20.2 Å². The molecule has 0 amide bonds. The number of benzene rings is 2. The van der Waals surface area contributed by atoms with Gasteiger partial charge in [0.25, 0.3) is 0 Å². The lowest BCUT2D eigenvalue weighted by molar-refractivity contribution is 0.0408. The van der Waals surface area contributed by atoms with E-state index in [1.165, 1.54) is 12.1 Å². The van der Waals surface area contributed by atoms with E-state index in [4.69, 9.17) is 0 Å². The Bertz CT molecular complexity index is 547. The van der Waals surface area contributed by atoms with Crippen LogP contribution in [0.25, 0.3) is 11.1 Å². The molecule has 2 aromatic carbocycles. The monoisotopic (exact) mass is 262 g/mol. The smallest absolute Gasteiger partial charge is 0.123 e. The lowest BCUT2D eigenvalue weighted by atomic mass is 9.91. The lowest BCUT2D eigenvalue weighted by Gasteiger charge is -2.22. The Morgan fingerprint density at radius 3 is 2.32 bits per heavy atom. The molecule has 0 aromatic heterocycles. The number of aliphatic hydroxyl groups is 1. The highest BCUT2D eigenvalue weighted by atomic mass is 19.1. The fourth-order valence-corrected chi connectivity index (χ4v) is 2.02. The van der Waals surface area contributed by atoms with Gasteiger partial charge in [-0.15, -0.1) is 0 Å². The number of alkyl halides is 1. The zero-order valence-corrected chi connectivity index (χ0v) is 10.7. The molecule has 0 aliphatic carbocycles. The van der Waals surface area contributed by atoms with Gasteiger partial charge in [-0.3, -0.25) is 4.39 Å². The van der Waals surface area contributed by atoms with Crippen molar-refractivity contribution in [3.05, 3.63) is 59.9 Å². The summed E-state index contributed by atoms with van der Waals surface area (Å²) in [5, 5.41) is 10.1. The van der Waals surface area contributed by atoms with Gasteiger partial charge in [0.05, 0.1) is 12.3 Å². The first-order chi connectivity index (χ1) is 9.03. The average Bonchev–Trinajstić information content (AvgIpc) is 2.39. The van der Waals surface area contributed by atoms with Crippen LogP contribution in [0.15, 0.2) is 48.5 Å². The Hall–Kier alpha value is -1.74. The van der Waals surface area contributed by atoms with Crippen LogP contribution in [0.5, 0.6) is 0 Å². The maximum atomic E-state index is 13.1. The van der Waals surface area contributed by atoms with E-state index in [1.807, 2.05) is 6.07 Å². The van der Waals surface area contributed by atoms with Crippen molar-refractivity contribution in [2.45, 2.75) is 18.9 Å². The second kappa shape index (κ2) is 5.49. The van der Waals surface area contributed by atoms with Crippen molar-refractivity contribution in [3.8, 4) is 11.1 Å². The molecule has 100 valence electrons. The molecule has 2 rings (SSSR count). The third-order valence-corrected chi connectivity index (χ3v) is 3.25. The van der Waals surface area contributed by atoms with Crippen LogP contribution in [0.4, 0.5) is 8.78 Å². The van der Waals surface area contributed by atoms with Gasteiger partial charge in [0, 0.05) is 6.42 Å². The van der Waals surface area contributed by atoms with Crippen LogP contribution in [-0.2, 0) is 5.60 Å². The Morgan fingerprint density at radius 1 is 1.05 bits per heavy atom. The predicted molar refractivity (Wildman–Crippen MR) is 72.0 cm³/mol. The Morgan fingerprint density at radius 2 is 1.74 bits per heavy atom. The first-order valence-electron chi connectivity index (χ1n) is 6.18. The predicted octanol–water partition coefficient (Wildman–Crippen LogP) is 4.06. The Balaban J connectivity index is 2.28. The highest BCUT2D eigenvalue weighted by Crippen LogP contribution is 2.27. The zero-order valence-electron chi connectivity index (χ0n) is 10.7. The number of rotatable bonds is 4. The fraction of sp³-hybridized carbons (Fsp3) is 0.250. The molecule has 0 bridgehead atoms. The van der Waals surface area contributed by atoms with E-state index in [1.54, 1.807) is 37.3 Å². The van der Waals surface area contributed by atoms with Gasteiger partial charge in [-0.05, 0) is 35.7 Å². The summed E-state index contributed by atoms with van der Waals surface area (Å²) in [6.45, 7) is 1.02. The van der Waals surface area contributed by atoms with Crippen molar-refractivity contribution in [2.75, 3.05) is 6.67 Å². The summed E-state index contributed by atoms with van der Waals surface area (Å²) in [7, 11) is 0. The van der Waals surface area contributed by atoms with E-state index in [2.05, 4.69) is 0 Å². The molecule has 1 unspecified atom stereocenters. The van der Waals surface area contributed by atoms with E-state index < -0.39 is 12.3 Å². The van der Waals surface area contributed by atoms with Crippen LogP contribution in [0.1, 0.15) is 18.9 Å². The summed E-state index contributed by atoms with van der Waals surface area (Å²) in [6.07, 6.45) is 0.0618. The summed E-state index contributed by atoms with van der Waals surface area (Å²) in [5.74, 6) is -0.286. The van der Waals surface area contributed by atoms with E-state index in [-0.39, 0.29) is 12.2 Å². The van der Waals surface area contributed by atoms with Gasteiger partial charge >= 0.3 is 0 Å². The second-order valence-corrected chi connectivity index (χ2v) is 4.80. The van der Waals surface area contributed by atoms with Crippen molar-refractivity contribution in [3.63, 3.8) is 0 Å². The Labute approximate surface area is 111 Å². The van der Waals surface area contributed by atoms with Crippen molar-refractivity contribution in [2.24, 2.45) is 0 Å². The molecule has 0 spiro atoms. The highest BCUT2D eigenvalue weighted by Gasteiger charge is 2.22. The molecule has 0 fully saturated rings. The van der Waals surface area contributed by atoms with Crippen molar-refractivity contribution in [1.82, 2.24) is 0 Å². The van der Waals surface area contributed by atoms with Crippen LogP contribution in [0.2, 0.25) is 0 Å². The van der Waals surface area contributed by atoms with Gasteiger partial charge in [-0.2, -0.15) is 0 Å². The summed E-state index contributed by atoms with van der Waals surface area (Å²) < 4.78 is 25.5. The summed E-state index contributed by atoms with van der Waals surface area (Å²) in [4.78, 5) is 0. The van der Waals surface area contributed by atoms with Gasteiger partial charge in [-0.25, -0.2) is 4.39 Å². The molecule has 0 radical (unpaired) electrons. The molecular formula is C16H16F2O. The molecule has 2 aromatic rings. The standard InChI is InChI=1S/C16H16F2O/c1-16(19,9-10-17)14-7-5-12(6-8-14)13-3-2-4-15(18)11-13/h2-8,11,19H,9-10H2,1H3. The normalized spacial score (nSPS) is 14.1. The van der Waals surface area contributed by atoms with Crippen molar-refractivity contribution < 1.29 is 13.9 Å². The van der Waals surface area contributed by atoms with E-state index in [0.717, 1.165) is 11.1 Å². The summed E-state index contributed by atoms with van der Waals surface area (Å²) >= 11 is 0. The molecule has 1 N–H and O–H groups in total. The molecule has 1 atom stereocenters. The summed E-state index contributed by atoms with van der Waals surface area (Å²) in [6, 6.07) is 13.4.